The number of hydrogen-bond donors (Lipinski definition) is 1. The van der Waals surface area contributed by atoms with Crippen molar-refractivity contribution in [2.75, 3.05) is 32.7 Å². The van der Waals surface area contributed by atoms with Crippen LogP contribution < -0.4 is 0 Å². The highest BCUT2D eigenvalue weighted by molar-refractivity contribution is 5.18. The Bertz CT molecular complexity index is 531. The number of hydrogen-bond acceptors (Lipinski definition) is 4. The molecule has 5 heteroatoms. The van der Waals surface area contributed by atoms with Crippen molar-refractivity contribution in [1.29, 1.82) is 0 Å². The van der Waals surface area contributed by atoms with Gasteiger partial charge in [-0.3, -0.25) is 4.90 Å². The number of aromatic nitrogens is 2. The van der Waals surface area contributed by atoms with Crippen LogP contribution in [-0.2, 0) is 13.0 Å². The van der Waals surface area contributed by atoms with E-state index in [0.717, 1.165) is 57.6 Å². The average molecular weight is 318 g/mol. The summed E-state index contributed by atoms with van der Waals surface area (Å²) in [7, 11) is 0. The number of piperidine rings is 1. The third-order valence-electron chi connectivity index (χ3n) is 5.78. The molecule has 0 spiro atoms. The number of nitrogens with zero attached hydrogens (tertiary/aromatic N) is 4. The molecule has 1 saturated heterocycles. The predicted molar refractivity (Wildman–Crippen MR) is 90.3 cm³/mol. The van der Waals surface area contributed by atoms with Gasteiger partial charge in [0.05, 0.1) is 18.1 Å². The molecule has 1 atom stereocenters. The second-order valence-electron chi connectivity index (χ2n) is 7.90. The van der Waals surface area contributed by atoms with Gasteiger partial charge >= 0.3 is 0 Å². The number of rotatable bonds is 5. The minimum absolute atomic E-state index is 0.240. The quantitative estimate of drug-likeness (QED) is 0.897. The van der Waals surface area contributed by atoms with E-state index >= 15 is 0 Å². The maximum Gasteiger partial charge on any atom is 0.0954 e. The van der Waals surface area contributed by atoms with Crippen LogP contribution in [0.15, 0.2) is 6.33 Å². The van der Waals surface area contributed by atoms with Gasteiger partial charge < -0.3 is 14.6 Å². The zero-order chi connectivity index (χ0) is 15.8. The summed E-state index contributed by atoms with van der Waals surface area (Å²) in [5.41, 5.74) is 2.69. The van der Waals surface area contributed by atoms with Gasteiger partial charge in [0.2, 0.25) is 0 Å². The number of β-amino-alcohol motifs (C(OH)–C–C–N with tert-alkyl or cyclic N) is 1. The molecular weight excluding hydrogens is 288 g/mol. The van der Waals surface area contributed by atoms with Crippen molar-refractivity contribution in [3.05, 3.63) is 17.7 Å². The molecule has 1 aliphatic carbocycles. The summed E-state index contributed by atoms with van der Waals surface area (Å²) >= 11 is 0. The molecule has 0 bridgehead atoms. The molecule has 4 rings (SSSR count). The van der Waals surface area contributed by atoms with Gasteiger partial charge in [0.15, 0.2) is 0 Å². The third-order valence-corrected chi connectivity index (χ3v) is 5.78. The Morgan fingerprint density at radius 2 is 1.87 bits per heavy atom. The first-order valence-corrected chi connectivity index (χ1v) is 9.36. The Morgan fingerprint density at radius 3 is 2.61 bits per heavy atom. The summed E-state index contributed by atoms with van der Waals surface area (Å²) in [5.74, 6) is 0.852. The van der Waals surface area contributed by atoms with Crippen molar-refractivity contribution in [2.45, 2.75) is 57.7 Å². The summed E-state index contributed by atoms with van der Waals surface area (Å²) in [6, 6.07) is 0.727. The average Bonchev–Trinajstić information content (AvgIpc) is 3.29. The standard InChI is InChI=1S/C18H30N4O/c1-14-4-7-20(8-5-14)10-16(23)11-21-9-6-18-17(12-21)19-13-22(18)15-2-3-15/h13-16,23H,2-12H2,1H3. The number of aliphatic hydroxyl groups excluding tert-OH is 1. The van der Waals surface area contributed by atoms with Gasteiger partial charge in [-0.1, -0.05) is 6.92 Å². The van der Waals surface area contributed by atoms with Gasteiger partial charge in [0, 0.05) is 44.3 Å². The van der Waals surface area contributed by atoms with E-state index in [0.29, 0.717) is 0 Å². The van der Waals surface area contributed by atoms with E-state index in [9.17, 15) is 5.11 Å². The molecule has 1 N–H and O–H groups in total. The van der Waals surface area contributed by atoms with Crippen molar-refractivity contribution in [3.63, 3.8) is 0 Å². The number of fused-ring (bicyclic) bond motifs is 1. The zero-order valence-corrected chi connectivity index (χ0v) is 14.3. The van der Waals surface area contributed by atoms with E-state index in [-0.39, 0.29) is 6.10 Å². The van der Waals surface area contributed by atoms with Crippen LogP contribution >= 0.6 is 0 Å². The Morgan fingerprint density at radius 1 is 1.13 bits per heavy atom. The first-order valence-electron chi connectivity index (χ1n) is 9.36. The van der Waals surface area contributed by atoms with Crippen LogP contribution in [0.1, 0.15) is 50.0 Å². The molecule has 0 aromatic carbocycles. The lowest BCUT2D eigenvalue weighted by Crippen LogP contribution is -2.44. The van der Waals surface area contributed by atoms with Crippen molar-refractivity contribution in [2.24, 2.45) is 5.92 Å². The highest BCUT2D eigenvalue weighted by atomic mass is 16.3. The lowest BCUT2D eigenvalue weighted by Gasteiger charge is -2.34. The molecule has 2 aliphatic heterocycles. The summed E-state index contributed by atoms with van der Waals surface area (Å²) in [4.78, 5) is 9.44. The molecule has 2 fully saturated rings. The van der Waals surface area contributed by atoms with E-state index in [1.165, 1.54) is 37.1 Å². The van der Waals surface area contributed by atoms with Crippen LogP contribution in [0.2, 0.25) is 0 Å². The Balaban J connectivity index is 1.28. The molecule has 23 heavy (non-hydrogen) atoms. The summed E-state index contributed by atoms with van der Waals surface area (Å²) < 4.78 is 2.40. The molecule has 128 valence electrons. The van der Waals surface area contributed by atoms with Crippen molar-refractivity contribution in [3.8, 4) is 0 Å². The van der Waals surface area contributed by atoms with Crippen LogP contribution in [-0.4, -0.2) is 63.3 Å². The van der Waals surface area contributed by atoms with Crippen molar-refractivity contribution >= 4 is 0 Å². The van der Waals surface area contributed by atoms with Crippen molar-refractivity contribution in [1.82, 2.24) is 19.4 Å². The van der Waals surface area contributed by atoms with Crippen molar-refractivity contribution < 1.29 is 5.11 Å². The maximum absolute atomic E-state index is 10.5. The summed E-state index contributed by atoms with van der Waals surface area (Å²) in [5, 5.41) is 10.5. The first-order chi connectivity index (χ1) is 11.2. The Kier molecular flexibility index (Phi) is 4.43. The molecule has 5 nitrogen and oxygen atoms in total. The van der Waals surface area contributed by atoms with E-state index in [4.69, 9.17) is 0 Å². The summed E-state index contributed by atoms with van der Waals surface area (Å²) in [6.45, 7) is 8.19. The molecule has 3 heterocycles. The van der Waals surface area contributed by atoms with E-state index in [2.05, 4.69) is 26.3 Å². The number of likely N-dealkylation sites (tertiary alicyclic amines) is 1. The van der Waals surface area contributed by atoms with E-state index < -0.39 is 0 Å². The van der Waals surface area contributed by atoms with Gasteiger partial charge in [-0.25, -0.2) is 4.98 Å². The molecule has 1 unspecified atom stereocenters. The third kappa shape index (κ3) is 3.62. The predicted octanol–water partition coefficient (Wildman–Crippen LogP) is 1.67. The molecule has 1 aromatic rings. The van der Waals surface area contributed by atoms with Crippen LogP contribution in [0, 0.1) is 5.92 Å². The van der Waals surface area contributed by atoms with Gasteiger partial charge in [0.1, 0.15) is 0 Å². The molecule has 0 amide bonds. The largest absolute Gasteiger partial charge is 0.390 e. The smallest absolute Gasteiger partial charge is 0.0954 e. The normalized spacial score (nSPS) is 25.5. The topological polar surface area (TPSA) is 44.5 Å². The van der Waals surface area contributed by atoms with Gasteiger partial charge in [-0.05, 0) is 44.7 Å². The lowest BCUT2D eigenvalue weighted by atomic mass is 9.99. The fraction of sp³-hybridized carbons (Fsp3) is 0.833. The van der Waals surface area contributed by atoms with Gasteiger partial charge in [-0.2, -0.15) is 0 Å². The van der Waals surface area contributed by atoms with E-state index in [1.54, 1.807) is 0 Å². The van der Waals surface area contributed by atoms with E-state index in [1.807, 2.05) is 6.33 Å². The second kappa shape index (κ2) is 6.54. The number of imidazole rings is 1. The van der Waals surface area contributed by atoms with Crippen LogP contribution in [0.3, 0.4) is 0 Å². The van der Waals surface area contributed by atoms with Crippen LogP contribution in [0.25, 0.3) is 0 Å². The molecule has 3 aliphatic rings. The summed E-state index contributed by atoms with van der Waals surface area (Å²) in [6.07, 6.45) is 8.07. The minimum Gasteiger partial charge on any atom is -0.390 e. The molecule has 1 aromatic heterocycles. The van der Waals surface area contributed by atoms with Crippen LogP contribution in [0.5, 0.6) is 0 Å². The molecule has 0 radical (unpaired) electrons. The second-order valence-corrected chi connectivity index (χ2v) is 7.90. The highest BCUT2D eigenvalue weighted by Gasteiger charge is 2.30. The number of aliphatic hydroxyl groups is 1. The highest BCUT2D eigenvalue weighted by Crippen LogP contribution is 2.37. The minimum atomic E-state index is -0.240. The lowest BCUT2D eigenvalue weighted by molar-refractivity contribution is 0.0570. The first kappa shape index (κ1) is 15.6. The fourth-order valence-electron chi connectivity index (χ4n) is 4.11. The zero-order valence-electron chi connectivity index (χ0n) is 14.3. The Labute approximate surface area is 139 Å². The van der Waals surface area contributed by atoms with Crippen LogP contribution in [0.4, 0.5) is 0 Å². The molecule has 1 saturated carbocycles. The monoisotopic (exact) mass is 318 g/mol. The van der Waals surface area contributed by atoms with Gasteiger partial charge in [0.25, 0.3) is 0 Å². The fourth-order valence-corrected chi connectivity index (χ4v) is 4.11. The Hall–Kier alpha value is -0.910. The SMILES string of the molecule is CC1CCN(CC(O)CN2CCc3c(ncn3C3CC3)C2)CC1. The molecular formula is C18H30N4O. The van der Waals surface area contributed by atoms with Gasteiger partial charge in [-0.15, -0.1) is 0 Å². The maximum atomic E-state index is 10.5.